The molecule has 5 heteroatoms. The van der Waals surface area contributed by atoms with E-state index in [-0.39, 0.29) is 24.4 Å². The van der Waals surface area contributed by atoms with Crippen LogP contribution in [0.2, 0.25) is 0 Å². The molecule has 2 aromatic rings. The number of benzene rings is 2. The van der Waals surface area contributed by atoms with Crippen molar-refractivity contribution in [3.8, 4) is 0 Å². The second-order valence-corrected chi connectivity index (χ2v) is 4.29. The minimum atomic E-state index is -0.525. The third-order valence-electron chi connectivity index (χ3n) is 2.76. The molecule has 2 aromatic carbocycles. The average molecular weight is 283 g/mol. The molecule has 0 heterocycles. The number of hydrogen-bond donors (Lipinski definition) is 1. The number of amides is 1. The Hall–Kier alpha value is -2.66. The van der Waals surface area contributed by atoms with Crippen LogP contribution in [-0.2, 0) is 16.1 Å². The van der Waals surface area contributed by atoms with E-state index in [1.54, 1.807) is 24.3 Å². The van der Waals surface area contributed by atoms with Crippen LogP contribution < -0.4 is 11.1 Å². The van der Waals surface area contributed by atoms with Gasteiger partial charge >= 0.3 is 5.97 Å². The van der Waals surface area contributed by atoms with Gasteiger partial charge in [-0.25, -0.2) is 10.1 Å². The molecule has 0 atom stereocenters. The minimum absolute atomic E-state index is 0.166. The van der Waals surface area contributed by atoms with E-state index in [9.17, 15) is 9.59 Å². The lowest BCUT2D eigenvalue weighted by Crippen LogP contribution is -2.22. The smallest absolute Gasteiger partial charge is 0.340 e. The van der Waals surface area contributed by atoms with Crippen molar-refractivity contribution in [3.05, 3.63) is 65.7 Å². The van der Waals surface area contributed by atoms with Crippen molar-refractivity contribution in [2.75, 3.05) is 6.54 Å². The van der Waals surface area contributed by atoms with Crippen LogP contribution in [-0.4, -0.2) is 18.4 Å². The first-order valence-corrected chi connectivity index (χ1v) is 6.45. The van der Waals surface area contributed by atoms with Gasteiger partial charge in [-0.1, -0.05) is 42.5 Å². The van der Waals surface area contributed by atoms with Gasteiger partial charge in [0, 0.05) is 0 Å². The summed E-state index contributed by atoms with van der Waals surface area (Å²) in [5, 5.41) is 3.79. The molecule has 0 saturated carbocycles. The van der Waals surface area contributed by atoms with Gasteiger partial charge in [0.05, 0.1) is 17.8 Å². The number of para-hydroxylation sites is 1. The summed E-state index contributed by atoms with van der Waals surface area (Å²) in [5.74, 6) is -1.01. The van der Waals surface area contributed by atoms with Crippen LogP contribution in [0.15, 0.2) is 54.6 Å². The highest BCUT2D eigenvalue weighted by molar-refractivity contribution is 5.97. The second-order valence-electron chi connectivity index (χ2n) is 4.29. The molecule has 0 spiro atoms. The molecule has 0 aromatic heterocycles. The molecule has 0 aliphatic heterocycles. The van der Waals surface area contributed by atoms with E-state index in [1.807, 2.05) is 30.3 Å². The molecule has 0 bridgehead atoms. The maximum atomic E-state index is 12.1. The van der Waals surface area contributed by atoms with Gasteiger partial charge in [-0.05, 0) is 17.7 Å². The van der Waals surface area contributed by atoms with Crippen molar-refractivity contribution in [1.82, 2.24) is 5.32 Å². The summed E-state index contributed by atoms with van der Waals surface area (Å²) in [4.78, 5) is 23.4. The Bertz CT molecular complexity index is 626. The first-order valence-electron chi connectivity index (χ1n) is 6.45. The standard InChI is InChI=1S/C16H15N2O3/c17-10-15(19)18-14-9-5-4-8-13(14)16(20)21-11-12-6-2-1-3-7-12/h1-9H,10-11,17H2. The molecule has 5 nitrogen and oxygen atoms in total. The molecule has 0 unspecified atom stereocenters. The van der Waals surface area contributed by atoms with Crippen molar-refractivity contribution in [3.63, 3.8) is 0 Å². The number of nitrogens with two attached hydrogens (primary N) is 1. The molecule has 0 saturated heterocycles. The van der Waals surface area contributed by atoms with Gasteiger partial charge in [0.1, 0.15) is 6.61 Å². The highest BCUT2D eigenvalue weighted by Crippen LogP contribution is 2.17. The molecule has 0 aliphatic rings. The summed E-state index contributed by atoms with van der Waals surface area (Å²) in [7, 11) is 0. The van der Waals surface area contributed by atoms with Crippen LogP contribution >= 0.6 is 0 Å². The van der Waals surface area contributed by atoms with Gasteiger partial charge in [-0.2, -0.15) is 0 Å². The fraction of sp³-hybridized carbons (Fsp3) is 0.125. The minimum Gasteiger partial charge on any atom is -0.457 e. The number of hydrogen-bond acceptors (Lipinski definition) is 4. The third-order valence-corrected chi connectivity index (χ3v) is 2.76. The van der Waals surface area contributed by atoms with Crippen molar-refractivity contribution in [2.45, 2.75) is 6.61 Å². The van der Waals surface area contributed by atoms with E-state index in [0.717, 1.165) is 5.56 Å². The van der Waals surface area contributed by atoms with Crippen LogP contribution in [0, 0.1) is 0 Å². The maximum Gasteiger partial charge on any atom is 0.340 e. The summed E-state index contributed by atoms with van der Waals surface area (Å²) in [6.45, 7) is -0.0355. The molecule has 0 aliphatic carbocycles. The van der Waals surface area contributed by atoms with Crippen molar-refractivity contribution in [2.24, 2.45) is 5.73 Å². The van der Waals surface area contributed by atoms with E-state index in [0.29, 0.717) is 0 Å². The summed E-state index contributed by atoms with van der Waals surface area (Å²) in [6, 6.07) is 15.9. The van der Waals surface area contributed by atoms with Crippen LogP contribution in [0.25, 0.3) is 0 Å². The fourth-order valence-corrected chi connectivity index (χ4v) is 1.72. The summed E-state index contributed by atoms with van der Waals surface area (Å²) in [6.07, 6.45) is 0. The zero-order valence-electron chi connectivity index (χ0n) is 11.4. The SMILES string of the molecule is NCC(=O)[N]c1ccccc1C(=O)OCc1ccccc1. The van der Waals surface area contributed by atoms with E-state index in [2.05, 4.69) is 5.32 Å². The predicted molar refractivity (Wildman–Crippen MR) is 77.9 cm³/mol. The van der Waals surface area contributed by atoms with E-state index >= 15 is 0 Å². The lowest BCUT2D eigenvalue weighted by Gasteiger charge is -2.08. The Labute approximate surface area is 122 Å². The Morgan fingerprint density at radius 2 is 1.67 bits per heavy atom. The van der Waals surface area contributed by atoms with E-state index in [4.69, 9.17) is 10.5 Å². The van der Waals surface area contributed by atoms with Gasteiger partial charge in [0.2, 0.25) is 0 Å². The van der Waals surface area contributed by atoms with Crippen molar-refractivity contribution in [1.29, 1.82) is 0 Å². The molecular formula is C16H15N2O3. The Morgan fingerprint density at radius 3 is 2.38 bits per heavy atom. The number of carbonyl (C=O) groups is 2. The summed E-state index contributed by atoms with van der Waals surface area (Å²) in [5.41, 5.74) is 6.62. The van der Waals surface area contributed by atoms with E-state index in [1.165, 1.54) is 0 Å². The molecule has 1 amide bonds. The highest BCUT2D eigenvalue weighted by atomic mass is 16.5. The lowest BCUT2D eigenvalue weighted by molar-refractivity contribution is -0.118. The first kappa shape index (κ1) is 14.7. The molecule has 21 heavy (non-hydrogen) atoms. The Balaban J connectivity index is 2.07. The quantitative estimate of drug-likeness (QED) is 0.847. The third kappa shape index (κ3) is 4.15. The number of esters is 1. The number of ether oxygens (including phenoxy) is 1. The molecule has 1 radical (unpaired) electrons. The zero-order chi connectivity index (χ0) is 15.1. The number of nitrogens with zero attached hydrogens (tertiary/aromatic N) is 1. The topological polar surface area (TPSA) is 83.5 Å². The Morgan fingerprint density at radius 1 is 1.00 bits per heavy atom. The first-order chi connectivity index (χ1) is 10.2. The maximum absolute atomic E-state index is 12.1. The van der Waals surface area contributed by atoms with Gasteiger partial charge in [0.15, 0.2) is 0 Å². The molecule has 107 valence electrons. The molecule has 2 rings (SSSR count). The normalized spacial score (nSPS) is 9.95. The summed E-state index contributed by atoms with van der Waals surface area (Å²) < 4.78 is 5.23. The van der Waals surface area contributed by atoms with Crippen LogP contribution in [0.1, 0.15) is 15.9 Å². The monoisotopic (exact) mass is 283 g/mol. The van der Waals surface area contributed by atoms with Gasteiger partial charge in [0.25, 0.3) is 5.91 Å². The molecule has 0 fully saturated rings. The number of rotatable bonds is 5. The van der Waals surface area contributed by atoms with Gasteiger partial charge < -0.3 is 10.5 Å². The summed E-state index contributed by atoms with van der Waals surface area (Å²) >= 11 is 0. The van der Waals surface area contributed by atoms with E-state index < -0.39 is 11.9 Å². The van der Waals surface area contributed by atoms with Crippen LogP contribution in [0.5, 0.6) is 0 Å². The van der Waals surface area contributed by atoms with Crippen LogP contribution in [0.4, 0.5) is 5.69 Å². The van der Waals surface area contributed by atoms with Gasteiger partial charge in [-0.3, -0.25) is 4.79 Å². The second kappa shape index (κ2) is 7.21. The fourth-order valence-electron chi connectivity index (χ4n) is 1.72. The highest BCUT2D eigenvalue weighted by Gasteiger charge is 2.15. The molecular weight excluding hydrogens is 268 g/mol. The van der Waals surface area contributed by atoms with Crippen molar-refractivity contribution < 1.29 is 14.3 Å². The number of carbonyl (C=O) groups excluding carboxylic acids is 2. The van der Waals surface area contributed by atoms with Crippen molar-refractivity contribution >= 4 is 17.6 Å². The van der Waals surface area contributed by atoms with Gasteiger partial charge in [-0.15, -0.1) is 0 Å². The zero-order valence-corrected chi connectivity index (χ0v) is 11.4. The van der Waals surface area contributed by atoms with Crippen LogP contribution in [0.3, 0.4) is 0 Å². The lowest BCUT2D eigenvalue weighted by atomic mass is 10.1. The average Bonchev–Trinajstić information content (AvgIpc) is 2.54. The Kier molecular flexibility index (Phi) is 5.06. The predicted octanol–water partition coefficient (Wildman–Crippen LogP) is 1.76. The largest absolute Gasteiger partial charge is 0.457 e. The molecule has 2 N–H and O–H groups in total.